The normalized spacial score (nSPS) is 43.8. The minimum Gasteiger partial charge on any atom is -0.311 e. The molecule has 2 unspecified atom stereocenters. The molecule has 2 aliphatic rings. The Bertz CT molecular complexity index is 179. The van der Waals surface area contributed by atoms with Crippen LogP contribution >= 0.6 is 12.4 Å². The molecule has 1 aliphatic carbocycles. The fourth-order valence-corrected chi connectivity index (χ4v) is 2.68. The van der Waals surface area contributed by atoms with E-state index in [9.17, 15) is 0 Å². The third-order valence-electron chi connectivity index (χ3n) is 3.83. The van der Waals surface area contributed by atoms with E-state index in [0.717, 1.165) is 5.92 Å². The molecular formula is C10H20ClN. The number of halogens is 1. The van der Waals surface area contributed by atoms with Crippen LogP contribution in [0.3, 0.4) is 0 Å². The van der Waals surface area contributed by atoms with Gasteiger partial charge in [-0.1, -0.05) is 6.92 Å². The molecule has 0 amide bonds. The number of nitrogens with one attached hydrogen (secondary N) is 1. The number of hydrogen-bond acceptors (Lipinski definition) is 1. The minimum absolute atomic E-state index is 0. The highest BCUT2D eigenvalue weighted by atomic mass is 35.5. The summed E-state index contributed by atoms with van der Waals surface area (Å²) >= 11 is 0. The predicted molar refractivity (Wildman–Crippen MR) is 54.8 cm³/mol. The van der Waals surface area contributed by atoms with Crippen LogP contribution in [0, 0.1) is 11.3 Å². The Morgan fingerprint density at radius 1 is 1.25 bits per heavy atom. The first-order chi connectivity index (χ1) is 5.02. The van der Waals surface area contributed by atoms with Crippen LogP contribution in [0.5, 0.6) is 0 Å². The molecule has 2 heteroatoms. The van der Waals surface area contributed by atoms with Crippen molar-refractivity contribution in [3.63, 3.8) is 0 Å². The summed E-state index contributed by atoms with van der Waals surface area (Å²) in [5.41, 5.74) is 1.05. The van der Waals surface area contributed by atoms with Crippen molar-refractivity contribution < 1.29 is 0 Å². The van der Waals surface area contributed by atoms with Crippen molar-refractivity contribution in [1.82, 2.24) is 5.32 Å². The van der Waals surface area contributed by atoms with Crippen LogP contribution in [-0.4, -0.2) is 12.1 Å². The molecule has 1 nitrogen and oxygen atoms in total. The van der Waals surface area contributed by atoms with E-state index in [1.54, 1.807) is 0 Å². The van der Waals surface area contributed by atoms with Gasteiger partial charge in [0.15, 0.2) is 0 Å². The Hall–Kier alpha value is 0.250. The van der Waals surface area contributed by atoms with Gasteiger partial charge in [-0.3, -0.25) is 0 Å². The van der Waals surface area contributed by atoms with Gasteiger partial charge in [-0.2, -0.15) is 0 Å². The molecule has 12 heavy (non-hydrogen) atoms. The van der Waals surface area contributed by atoms with Crippen LogP contribution in [0.25, 0.3) is 0 Å². The lowest BCUT2D eigenvalue weighted by Gasteiger charge is -2.41. The highest BCUT2D eigenvalue weighted by molar-refractivity contribution is 5.85. The van der Waals surface area contributed by atoms with Crippen LogP contribution < -0.4 is 5.32 Å². The van der Waals surface area contributed by atoms with Gasteiger partial charge in [0.2, 0.25) is 0 Å². The summed E-state index contributed by atoms with van der Waals surface area (Å²) in [4.78, 5) is 0. The molecule has 0 aromatic rings. The van der Waals surface area contributed by atoms with E-state index in [2.05, 4.69) is 26.1 Å². The quantitative estimate of drug-likeness (QED) is 0.618. The van der Waals surface area contributed by atoms with Crippen LogP contribution in [0.15, 0.2) is 0 Å². The molecule has 72 valence electrons. The summed E-state index contributed by atoms with van der Waals surface area (Å²) in [7, 11) is 0. The monoisotopic (exact) mass is 189 g/mol. The predicted octanol–water partition coefficient (Wildman–Crippen LogP) is 2.60. The summed E-state index contributed by atoms with van der Waals surface area (Å²) in [5, 5.41) is 3.66. The molecule has 1 saturated carbocycles. The average molecular weight is 190 g/mol. The topological polar surface area (TPSA) is 12.0 Å². The molecule has 2 atom stereocenters. The molecule has 0 aromatic carbocycles. The molecule has 1 heterocycles. The maximum absolute atomic E-state index is 3.66. The Balaban J connectivity index is 0.000000720. The molecule has 2 rings (SSSR count). The van der Waals surface area contributed by atoms with Gasteiger partial charge in [0.05, 0.1) is 0 Å². The first-order valence-corrected chi connectivity index (χ1v) is 4.77. The van der Waals surface area contributed by atoms with Crippen molar-refractivity contribution in [2.45, 2.75) is 45.6 Å². The molecule has 2 bridgehead atoms. The van der Waals surface area contributed by atoms with Gasteiger partial charge in [-0.15, -0.1) is 12.4 Å². The minimum atomic E-state index is 0. The Labute approximate surface area is 81.7 Å². The van der Waals surface area contributed by atoms with Gasteiger partial charge in [-0.25, -0.2) is 0 Å². The van der Waals surface area contributed by atoms with Crippen molar-refractivity contribution in [1.29, 1.82) is 0 Å². The molecule has 1 aliphatic heterocycles. The zero-order chi connectivity index (χ0) is 8.11. The van der Waals surface area contributed by atoms with Gasteiger partial charge in [-0.05, 0) is 44.4 Å². The Morgan fingerprint density at radius 3 is 2.50 bits per heavy atom. The van der Waals surface area contributed by atoms with Crippen molar-refractivity contribution in [3.05, 3.63) is 0 Å². The highest BCUT2D eigenvalue weighted by Gasteiger charge is 2.46. The van der Waals surface area contributed by atoms with Crippen LogP contribution in [0.2, 0.25) is 0 Å². The average Bonchev–Trinajstić information content (AvgIpc) is 2.25. The second-order valence-corrected chi connectivity index (χ2v) is 5.33. The van der Waals surface area contributed by atoms with E-state index < -0.39 is 0 Å². The van der Waals surface area contributed by atoms with Gasteiger partial charge >= 0.3 is 0 Å². The molecule has 0 spiro atoms. The van der Waals surface area contributed by atoms with Crippen LogP contribution in [-0.2, 0) is 0 Å². The largest absolute Gasteiger partial charge is 0.311 e. The third kappa shape index (κ3) is 1.49. The van der Waals surface area contributed by atoms with Gasteiger partial charge in [0.25, 0.3) is 0 Å². The summed E-state index contributed by atoms with van der Waals surface area (Å²) < 4.78 is 0. The maximum atomic E-state index is 3.66. The first kappa shape index (κ1) is 10.3. The lowest BCUT2D eigenvalue weighted by atomic mass is 9.77. The molecule has 1 saturated heterocycles. The lowest BCUT2D eigenvalue weighted by Crippen LogP contribution is -2.52. The Morgan fingerprint density at radius 2 is 1.92 bits per heavy atom. The zero-order valence-corrected chi connectivity index (χ0v) is 9.13. The number of hydrogen-bond donors (Lipinski definition) is 1. The number of rotatable bonds is 0. The van der Waals surface area contributed by atoms with Gasteiger partial charge in [0, 0.05) is 12.1 Å². The van der Waals surface area contributed by atoms with Gasteiger partial charge in [0.1, 0.15) is 0 Å². The first-order valence-electron chi connectivity index (χ1n) is 4.77. The van der Waals surface area contributed by atoms with E-state index in [4.69, 9.17) is 0 Å². The fraction of sp³-hybridized carbons (Fsp3) is 1.00. The van der Waals surface area contributed by atoms with Gasteiger partial charge < -0.3 is 5.32 Å². The molecule has 0 aromatic heterocycles. The molecular weight excluding hydrogens is 170 g/mol. The molecule has 0 radical (unpaired) electrons. The standard InChI is InChI=1S/C10H19N.ClH/c1-9(2)8-4-5-10(3,6-8)7-11-9;/h8,11H,4-7H2,1-3H3;1H. The van der Waals surface area contributed by atoms with E-state index in [-0.39, 0.29) is 12.4 Å². The van der Waals surface area contributed by atoms with Crippen LogP contribution in [0.1, 0.15) is 40.0 Å². The van der Waals surface area contributed by atoms with Crippen LogP contribution in [0.4, 0.5) is 0 Å². The number of fused-ring (bicyclic) bond motifs is 2. The van der Waals surface area contributed by atoms with Crippen molar-refractivity contribution in [2.75, 3.05) is 6.54 Å². The SMILES string of the molecule is CC12CCC(C1)C(C)(C)NC2.Cl. The highest BCUT2D eigenvalue weighted by Crippen LogP contribution is 2.48. The second-order valence-electron chi connectivity index (χ2n) is 5.33. The smallest absolute Gasteiger partial charge is 0.0153 e. The summed E-state index contributed by atoms with van der Waals surface area (Å²) in [5.74, 6) is 0.932. The second kappa shape index (κ2) is 2.88. The van der Waals surface area contributed by atoms with Crippen molar-refractivity contribution >= 4 is 12.4 Å². The fourth-order valence-electron chi connectivity index (χ4n) is 2.68. The van der Waals surface area contributed by atoms with E-state index in [1.807, 2.05) is 0 Å². The van der Waals surface area contributed by atoms with Crippen molar-refractivity contribution in [3.8, 4) is 0 Å². The van der Waals surface area contributed by atoms with E-state index in [0.29, 0.717) is 11.0 Å². The maximum Gasteiger partial charge on any atom is 0.0153 e. The van der Waals surface area contributed by atoms with Crippen molar-refractivity contribution in [2.24, 2.45) is 11.3 Å². The summed E-state index contributed by atoms with van der Waals surface area (Å²) in [6.45, 7) is 8.36. The van der Waals surface area contributed by atoms with E-state index in [1.165, 1.54) is 25.8 Å². The molecule has 1 N–H and O–H groups in total. The molecule has 2 fully saturated rings. The summed E-state index contributed by atoms with van der Waals surface area (Å²) in [6, 6.07) is 0. The van der Waals surface area contributed by atoms with E-state index >= 15 is 0 Å². The summed E-state index contributed by atoms with van der Waals surface area (Å²) in [6.07, 6.45) is 4.33. The Kier molecular flexibility index (Phi) is 2.48. The lowest BCUT2D eigenvalue weighted by molar-refractivity contribution is 0.153. The third-order valence-corrected chi connectivity index (χ3v) is 3.83. The number of piperidine rings is 1. The zero-order valence-electron chi connectivity index (χ0n) is 8.31.